The minimum atomic E-state index is -0.349. The number of hydrogen-bond donors (Lipinski definition) is 2. The summed E-state index contributed by atoms with van der Waals surface area (Å²) in [5.41, 5.74) is 15.7. The molecule has 0 radical (unpaired) electrons. The van der Waals surface area contributed by atoms with Crippen LogP contribution in [0.5, 0.6) is 0 Å². The molecular formula is C21H18ClN5O. The van der Waals surface area contributed by atoms with E-state index in [0.29, 0.717) is 16.4 Å². The van der Waals surface area contributed by atoms with Crippen LogP contribution in [-0.4, -0.2) is 15.5 Å². The number of hydrogen-bond acceptors (Lipinski definition) is 3. The predicted octanol–water partition coefficient (Wildman–Crippen LogP) is 4.16. The maximum Gasteiger partial charge on any atom is 0.223 e. The summed E-state index contributed by atoms with van der Waals surface area (Å²) in [6.07, 6.45) is 7.55. The number of primary amides is 1. The van der Waals surface area contributed by atoms with E-state index in [1.54, 1.807) is 6.20 Å². The van der Waals surface area contributed by atoms with E-state index >= 15 is 0 Å². The lowest BCUT2D eigenvalue weighted by Gasteiger charge is -2.69. The number of rotatable bonds is 3. The topological polar surface area (TPSA) is 91.3 Å². The molecule has 28 heavy (non-hydrogen) atoms. The van der Waals surface area contributed by atoms with E-state index in [4.69, 9.17) is 29.6 Å². The molecule has 0 unspecified atom stereocenters. The van der Waals surface area contributed by atoms with Gasteiger partial charge in [0.2, 0.25) is 5.91 Å². The van der Waals surface area contributed by atoms with E-state index in [1.165, 1.54) is 6.20 Å². The Labute approximate surface area is 166 Å². The summed E-state index contributed by atoms with van der Waals surface area (Å²) in [5.74, 6) is -0.208. The monoisotopic (exact) mass is 391 g/mol. The molecule has 3 aliphatic rings. The Bertz CT molecular complexity index is 1220. The molecule has 140 valence electrons. The van der Waals surface area contributed by atoms with Crippen molar-refractivity contribution in [3.05, 3.63) is 52.7 Å². The van der Waals surface area contributed by atoms with Crippen molar-refractivity contribution in [1.29, 1.82) is 0 Å². The molecule has 4 N–H and O–H groups in total. The molecule has 6 rings (SSSR count). The molecule has 0 spiro atoms. The van der Waals surface area contributed by atoms with Gasteiger partial charge in [-0.25, -0.2) is 4.85 Å². The Kier molecular flexibility index (Phi) is 3.22. The Morgan fingerprint density at radius 3 is 2.64 bits per heavy atom. The maximum atomic E-state index is 11.8. The molecule has 0 aliphatic heterocycles. The Balaban J connectivity index is 1.75. The standard InChI is InChI=1S/C21H18ClN5O/c1-11-3-17-12(4-16(11)25-2)14(13-5-26-6-15(23)18(13)22)7-27(17)21-8-20(9-21,10-21)19(24)28/h3-7H,8-10,23H2,1H3,(H2,24,28). The molecule has 6 nitrogen and oxygen atoms in total. The Morgan fingerprint density at radius 2 is 2.00 bits per heavy atom. The third-order valence-corrected chi connectivity index (χ3v) is 6.90. The summed E-state index contributed by atoms with van der Waals surface area (Å²) in [6.45, 7) is 9.41. The van der Waals surface area contributed by atoms with Gasteiger partial charge in [-0.15, -0.1) is 0 Å². The first-order chi connectivity index (χ1) is 13.3. The minimum Gasteiger partial charge on any atom is -0.396 e. The lowest BCUT2D eigenvalue weighted by molar-refractivity contribution is -0.192. The third-order valence-electron chi connectivity index (χ3n) is 6.48. The predicted molar refractivity (Wildman–Crippen MR) is 109 cm³/mol. The van der Waals surface area contributed by atoms with Crippen LogP contribution < -0.4 is 11.5 Å². The number of nitrogens with two attached hydrogens (primary N) is 2. The number of halogens is 1. The van der Waals surface area contributed by atoms with E-state index in [9.17, 15) is 4.79 Å². The molecule has 3 saturated carbocycles. The van der Waals surface area contributed by atoms with Crippen molar-refractivity contribution in [2.24, 2.45) is 11.1 Å². The molecule has 0 atom stereocenters. The fourth-order valence-electron chi connectivity index (χ4n) is 4.99. The van der Waals surface area contributed by atoms with E-state index in [-0.39, 0.29) is 16.9 Å². The van der Waals surface area contributed by atoms with Crippen molar-refractivity contribution in [2.75, 3.05) is 5.73 Å². The number of anilines is 1. The van der Waals surface area contributed by atoms with Crippen molar-refractivity contribution in [1.82, 2.24) is 9.55 Å². The van der Waals surface area contributed by atoms with Crippen LogP contribution >= 0.6 is 11.6 Å². The molecule has 2 aromatic heterocycles. The molecule has 7 heteroatoms. The molecule has 2 heterocycles. The van der Waals surface area contributed by atoms with Crippen LogP contribution in [0.2, 0.25) is 5.02 Å². The van der Waals surface area contributed by atoms with E-state index < -0.39 is 0 Å². The molecular weight excluding hydrogens is 374 g/mol. The first-order valence-electron chi connectivity index (χ1n) is 9.03. The second-order valence-corrected chi connectivity index (χ2v) is 8.55. The van der Waals surface area contributed by atoms with Gasteiger partial charge in [0.05, 0.1) is 28.9 Å². The summed E-state index contributed by atoms with van der Waals surface area (Å²) in [4.78, 5) is 19.6. The molecule has 0 saturated heterocycles. The Morgan fingerprint density at radius 1 is 1.29 bits per heavy atom. The van der Waals surface area contributed by atoms with Crippen LogP contribution in [-0.2, 0) is 10.3 Å². The number of aryl methyl sites for hydroxylation is 1. The van der Waals surface area contributed by atoms with Gasteiger partial charge in [0.1, 0.15) is 0 Å². The quantitative estimate of drug-likeness (QED) is 0.656. The first kappa shape index (κ1) is 17.1. The second kappa shape index (κ2) is 5.27. The number of aromatic nitrogens is 2. The summed E-state index contributed by atoms with van der Waals surface area (Å²) < 4.78 is 2.24. The molecule has 3 aromatic rings. The van der Waals surface area contributed by atoms with Gasteiger partial charge in [-0.1, -0.05) is 11.6 Å². The van der Waals surface area contributed by atoms with Crippen molar-refractivity contribution < 1.29 is 4.79 Å². The highest BCUT2D eigenvalue weighted by Crippen LogP contribution is 2.72. The number of nitrogens with zero attached hydrogens (tertiary/aromatic N) is 3. The number of fused-ring (bicyclic) bond motifs is 1. The van der Waals surface area contributed by atoms with E-state index in [2.05, 4.69) is 20.6 Å². The lowest BCUT2D eigenvalue weighted by Crippen LogP contribution is -2.71. The van der Waals surface area contributed by atoms with E-state index in [1.807, 2.05) is 19.1 Å². The zero-order chi connectivity index (χ0) is 19.8. The lowest BCUT2D eigenvalue weighted by atomic mass is 9.39. The summed E-state index contributed by atoms with van der Waals surface area (Å²) >= 11 is 6.48. The molecule has 3 fully saturated rings. The maximum absolute atomic E-state index is 11.8. The highest BCUT2D eigenvalue weighted by Gasteiger charge is 2.72. The summed E-state index contributed by atoms with van der Waals surface area (Å²) in [7, 11) is 0. The zero-order valence-corrected chi connectivity index (χ0v) is 16.0. The fraction of sp³-hybridized carbons (Fsp3) is 0.286. The highest BCUT2D eigenvalue weighted by atomic mass is 35.5. The third kappa shape index (κ3) is 1.97. The largest absolute Gasteiger partial charge is 0.396 e. The number of amides is 1. The zero-order valence-electron chi connectivity index (χ0n) is 15.3. The van der Waals surface area contributed by atoms with Gasteiger partial charge in [0.25, 0.3) is 0 Å². The van der Waals surface area contributed by atoms with Crippen molar-refractivity contribution in [2.45, 2.75) is 31.7 Å². The van der Waals surface area contributed by atoms with Gasteiger partial charge in [0.15, 0.2) is 5.69 Å². The van der Waals surface area contributed by atoms with Gasteiger partial charge in [-0.05, 0) is 49.3 Å². The van der Waals surface area contributed by atoms with Crippen molar-refractivity contribution in [3.8, 4) is 11.1 Å². The molecule has 1 aromatic carbocycles. The average molecular weight is 392 g/mol. The normalized spacial score (nSPS) is 25.0. The van der Waals surface area contributed by atoms with Crippen LogP contribution in [0.3, 0.4) is 0 Å². The van der Waals surface area contributed by atoms with Gasteiger partial charge < -0.3 is 16.0 Å². The van der Waals surface area contributed by atoms with Crippen LogP contribution in [0.4, 0.5) is 11.4 Å². The van der Waals surface area contributed by atoms with Crippen LogP contribution in [0.15, 0.2) is 30.7 Å². The smallest absolute Gasteiger partial charge is 0.223 e. The van der Waals surface area contributed by atoms with Crippen LogP contribution in [0.25, 0.3) is 26.9 Å². The number of carbonyl (C=O) groups excluding carboxylic acids is 1. The van der Waals surface area contributed by atoms with E-state index in [0.717, 1.165) is 46.9 Å². The van der Waals surface area contributed by atoms with Gasteiger partial charge >= 0.3 is 0 Å². The SMILES string of the molecule is [C-]#[N+]c1cc2c(-c3cncc(N)c3Cl)cn(C34CC(C(N)=O)(C3)C4)c2cc1C. The van der Waals surface area contributed by atoms with Gasteiger partial charge in [-0.2, -0.15) is 0 Å². The highest BCUT2D eigenvalue weighted by molar-refractivity contribution is 6.36. The summed E-state index contributed by atoms with van der Waals surface area (Å²) in [6, 6.07) is 3.94. The fourth-order valence-corrected chi connectivity index (χ4v) is 5.19. The van der Waals surface area contributed by atoms with Crippen molar-refractivity contribution in [3.63, 3.8) is 0 Å². The number of benzene rings is 1. The molecule has 3 aliphatic carbocycles. The van der Waals surface area contributed by atoms with Crippen LogP contribution in [0.1, 0.15) is 24.8 Å². The second-order valence-electron chi connectivity index (χ2n) is 8.17. The minimum absolute atomic E-state index is 0.0994. The first-order valence-corrected chi connectivity index (χ1v) is 9.41. The average Bonchev–Trinajstić information content (AvgIpc) is 2.92. The molecule has 1 amide bonds. The Hall–Kier alpha value is -3.04. The number of pyridine rings is 1. The molecule has 2 bridgehead atoms. The van der Waals surface area contributed by atoms with Crippen molar-refractivity contribution >= 4 is 39.8 Å². The van der Waals surface area contributed by atoms with Gasteiger partial charge in [-0.3, -0.25) is 9.78 Å². The number of nitrogen functional groups attached to an aromatic ring is 1. The number of carbonyl (C=O) groups is 1. The van der Waals surface area contributed by atoms with Gasteiger partial charge in [0, 0.05) is 34.6 Å². The summed E-state index contributed by atoms with van der Waals surface area (Å²) in [5, 5.41) is 1.38. The van der Waals surface area contributed by atoms with Crippen LogP contribution in [0, 0.1) is 18.9 Å².